The van der Waals surface area contributed by atoms with E-state index in [1.807, 2.05) is 20.8 Å². The lowest BCUT2D eigenvalue weighted by atomic mass is 9.92. The lowest BCUT2D eigenvalue weighted by Crippen LogP contribution is -2.46. The third kappa shape index (κ3) is 5.22. The molecule has 23 heavy (non-hydrogen) atoms. The molecule has 0 radical (unpaired) electrons. The second-order valence-electron chi connectivity index (χ2n) is 7.02. The minimum Gasteiger partial charge on any atom is -0.336 e. The molecule has 5 nitrogen and oxygen atoms in total. The van der Waals surface area contributed by atoms with Crippen molar-refractivity contribution >= 4 is 29.1 Å². The van der Waals surface area contributed by atoms with E-state index < -0.39 is 0 Å². The second-order valence-corrected chi connectivity index (χ2v) is 7.43. The standard InChI is InChI=1S/C17H24ClN3O2/c1-17(2,3)11-15(22)20-12-4-5-14(18)13(10-12)16(23)21-8-6-19-7-9-21/h4-5,10,19H,6-9,11H2,1-3H3,(H,20,22). The Labute approximate surface area is 142 Å². The van der Waals surface area contributed by atoms with Crippen molar-refractivity contribution < 1.29 is 9.59 Å². The van der Waals surface area contributed by atoms with Gasteiger partial charge in [-0.1, -0.05) is 32.4 Å². The maximum Gasteiger partial charge on any atom is 0.255 e. The van der Waals surface area contributed by atoms with E-state index in [2.05, 4.69) is 10.6 Å². The van der Waals surface area contributed by atoms with Gasteiger partial charge in [-0.2, -0.15) is 0 Å². The van der Waals surface area contributed by atoms with E-state index >= 15 is 0 Å². The summed E-state index contributed by atoms with van der Waals surface area (Å²) < 4.78 is 0. The van der Waals surface area contributed by atoms with Crippen LogP contribution in [0.2, 0.25) is 5.02 Å². The van der Waals surface area contributed by atoms with Crippen molar-refractivity contribution in [3.05, 3.63) is 28.8 Å². The molecule has 1 aliphatic rings. The molecule has 1 aromatic rings. The van der Waals surface area contributed by atoms with Gasteiger partial charge in [-0.05, 0) is 23.6 Å². The quantitative estimate of drug-likeness (QED) is 0.891. The average molecular weight is 338 g/mol. The number of amides is 2. The van der Waals surface area contributed by atoms with Gasteiger partial charge in [-0.3, -0.25) is 9.59 Å². The minimum absolute atomic E-state index is 0.0691. The Morgan fingerprint density at radius 2 is 1.91 bits per heavy atom. The van der Waals surface area contributed by atoms with Gasteiger partial charge in [0.2, 0.25) is 5.91 Å². The van der Waals surface area contributed by atoms with Crippen molar-refractivity contribution in [3.8, 4) is 0 Å². The molecule has 126 valence electrons. The number of benzene rings is 1. The Bertz CT molecular complexity index is 590. The Morgan fingerprint density at radius 1 is 1.26 bits per heavy atom. The maximum absolute atomic E-state index is 12.6. The highest BCUT2D eigenvalue weighted by Crippen LogP contribution is 2.24. The van der Waals surface area contributed by atoms with Crippen LogP contribution in [-0.4, -0.2) is 42.9 Å². The van der Waals surface area contributed by atoms with Gasteiger partial charge in [0.05, 0.1) is 10.6 Å². The number of halogens is 1. The first-order chi connectivity index (χ1) is 10.8. The summed E-state index contributed by atoms with van der Waals surface area (Å²) in [6, 6.07) is 5.04. The summed E-state index contributed by atoms with van der Waals surface area (Å²) in [6.07, 6.45) is 0.413. The zero-order valence-electron chi connectivity index (χ0n) is 13.9. The molecule has 0 bridgehead atoms. The van der Waals surface area contributed by atoms with Crippen molar-refractivity contribution in [2.75, 3.05) is 31.5 Å². The summed E-state index contributed by atoms with van der Waals surface area (Å²) in [5, 5.41) is 6.46. The number of hydrogen-bond donors (Lipinski definition) is 2. The van der Waals surface area contributed by atoms with Crippen LogP contribution >= 0.6 is 11.6 Å². The average Bonchev–Trinajstić information content (AvgIpc) is 2.47. The number of anilines is 1. The number of carbonyl (C=O) groups is 2. The predicted molar refractivity (Wildman–Crippen MR) is 92.9 cm³/mol. The molecule has 1 heterocycles. The second kappa shape index (κ2) is 7.32. The van der Waals surface area contributed by atoms with Crippen LogP contribution in [0.25, 0.3) is 0 Å². The molecule has 2 amide bonds. The Hall–Kier alpha value is -1.59. The molecule has 1 aromatic carbocycles. The summed E-state index contributed by atoms with van der Waals surface area (Å²) in [7, 11) is 0. The molecular formula is C17H24ClN3O2. The maximum atomic E-state index is 12.6. The first-order valence-corrected chi connectivity index (χ1v) is 8.23. The molecule has 0 atom stereocenters. The Balaban J connectivity index is 2.12. The Morgan fingerprint density at radius 3 is 2.52 bits per heavy atom. The number of hydrogen-bond acceptors (Lipinski definition) is 3. The SMILES string of the molecule is CC(C)(C)CC(=O)Nc1ccc(Cl)c(C(=O)N2CCNCC2)c1. The van der Waals surface area contributed by atoms with Crippen LogP contribution in [0, 0.1) is 5.41 Å². The number of nitrogens with one attached hydrogen (secondary N) is 2. The van der Waals surface area contributed by atoms with Gasteiger partial charge in [0.1, 0.15) is 0 Å². The summed E-state index contributed by atoms with van der Waals surface area (Å²) in [5.41, 5.74) is 0.944. The highest BCUT2D eigenvalue weighted by Gasteiger charge is 2.21. The normalized spacial score (nSPS) is 15.4. The van der Waals surface area contributed by atoms with Crippen LogP contribution in [0.4, 0.5) is 5.69 Å². The minimum atomic E-state index is -0.0941. The van der Waals surface area contributed by atoms with E-state index in [9.17, 15) is 9.59 Å². The van der Waals surface area contributed by atoms with Crippen molar-refractivity contribution in [2.24, 2.45) is 5.41 Å². The zero-order valence-corrected chi connectivity index (χ0v) is 14.7. The van der Waals surface area contributed by atoms with Gasteiger partial charge in [0.25, 0.3) is 5.91 Å². The van der Waals surface area contributed by atoms with E-state index in [4.69, 9.17) is 11.6 Å². The third-order valence-electron chi connectivity index (χ3n) is 3.58. The molecule has 2 N–H and O–H groups in total. The van der Waals surface area contributed by atoms with Crippen molar-refractivity contribution in [2.45, 2.75) is 27.2 Å². The van der Waals surface area contributed by atoms with Gasteiger partial charge in [-0.25, -0.2) is 0 Å². The van der Waals surface area contributed by atoms with Crippen LogP contribution < -0.4 is 10.6 Å². The molecule has 1 saturated heterocycles. The fourth-order valence-corrected chi connectivity index (χ4v) is 2.69. The van der Waals surface area contributed by atoms with Gasteiger partial charge in [-0.15, -0.1) is 0 Å². The molecule has 1 aliphatic heterocycles. The van der Waals surface area contributed by atoms with Crippen LogP contribution in [0.15, 0.2) is 18.2 Å². The third-order valence-corrected chi connectivity index (χ3v) is 3.91. The van der Waals surface area contributed by atoms with E-state index in [1.165, 1.54) is 0 Å². The lowest BCUT2D eigenvalue weighted by molar-refractivity contribution is -0.117. The lowest BCUT2D eigenvalue weighted by Gasteiger charge is -2.28. The first kappa shape index (κ1) is 17.8. The van der Waals surface area contributed by atoms with Crippen LogP contribution in [-0.2, 0) is 4.79 Å². The number of carbonyl (C=O) groups excluding carboxylic acids is 2. The largest absolute Gasteiger partial charge is 0.336 e. The van der Waals surface area contributed by atoms with Crippen molar-refractivity contribution in [1.82, 2.24) is 10.2 Å². The molecule has 0 aliphatic carbocycles. The summed E-state index contributed by atoms with van der Waals surface area (Å²) in [4.78, 5) is 26.4. The van der Waals surface area contributed by atoms with Gasteiger partial charge in [0.15, 0.2) is 0 Å². The van der Waals surface area contributed by atoms with Crippen LogP contribution in [0.3, 0.4) is 0 Å². The molecule has 0 aromatic heterocycles. The molecule has 0 unspecified atom stereocenters. The number of piperazine rings is 1. The highest BCUT2D eigenvalue weighted by atomic mass is 35.5. The molecule has 6 heteroatoms. The monoisotopic (exact) mass is 337 g/mol. The molecule has 0 spiro atoms. The van der Waals surface area contributed by atoms with E-state index in [1.54, 1.807) is 23.1 Å². The summed E-state index contributed by atoms with van der Waals surface area (Å²) in [6.45, 7) is 8.91. The smallest absolute Gasteiger partial charge is 0.255 e. The first-order valence-electron chi connectivity index (χ1n) is 7.86. The van der Waals surface area contributed by atoms with E-state index in [-0.39, 0.29) is 17.2 Å². The van der Waals surface area contributed by atoms with Crippen LogP contribution in [0.5, 0.6) is 0 Å². The van der Waals surface area contributed by atoms with Crippen molar-refractivity contribution in [1.29, 1.82) is 0 Å². The van der Waals surface area contributed by atoms with Gasteiger partial charge < -0.3 is 15.5 Å². The topological polar surface area (TPSA) is 61.4 Å². The summed E-state index contributed by atoms with van der Waals surface area (Å²) >= 11 is 6.18. The van der Waals surface area contributed by atoms with Crippen LogP contribution in [0.1, 0.15) is 37.6 Å². The van der Waals surface area contributed by atoms with Crippen molar-refractivity contribution in [3.63, 3.8) is 0 Å². The molecule has 2 rings (SSSR count). The summed E-state index contributed by atoms with van der Waals surface area (Å²) in [5.74, 6) is -0.163. The zero-order chi connectivity index (χ0) is 17.0. The predicted octanol–water partition coefficient (Wildman–Crippen LogP) is 2.76. The molecular weight excluding hydrogens is 314 g/mol. The molecule has 0 saturated carbocycles. The number of rotatable bonds is 3. The highest BCUT2D eigenvalue weighted by molar-refractivity contribution is 6.34. The fourth-order valence-electron chi connectivity index (χ4n) is 2.49. The van der Waals surface area contributed by atoms with E-state index in [0.717, 1.165) is 13.1 Å². The van der Waals surface area contributed by atoms with Gasteiger partial charge in [0, 0.05) is 38.3 Å². The van der Waals surface area contributed by atoms with Gasteiger partial charge >= 0.3 is 0 Å². The molecule has 1 fully saturated rings. The number of nitrogens with zero attached hydrogens (tertiary/aromatic N) is 1. The Kier molecular flexibility index (Phi) is 5.65. The van der Waals surface area contributed by atoms with E-state index in [0.29, 0.717) is 35.8 Å². The fraction of sp³-hybridized carbons (Fsp3) is 0.529.